The molecule has 0 radical (unpaired) electrons. The smallest absolute Gasteiger partial charge is 0.267 e. The van der Waals surface area contributed by atoms with Gasteiger partial charge in [0, 0.05) is 5.92 Å². The van der Waals surface area contributed by atoms with Gasteiger partial charge in [-0.05, 0) is 43.2 Å². The molecule has 1 aliphatic heterocycles. The van der Waals surface area contributed by atoms with Crippen molar-refractivity contribution in [3.8, 4) is 5.75 Å². The van der Waals surface area contributed by atoms with Crippen molar-refractivity contribution in [2.24, 2.45) is 10.5 Å². The third-order valence-corrected chi connectivity index (χ3v) is 5.42. The van der Waals surface area contributed by atoms with E-state index in [4.69, 9.17) is 4.74 Å². The SMILES string of the molecule is COc1ccccc1[C@@H]1CC=CC(=O)[C@]12C(=O)N(c1ccccc1)N=C2C. The van der Waals surface area contributed by atoms with E-state index in [0.29, 0.717) is 23.6 Å². The van der Waals surface area contributed by atoms with E-state index in [2.05, 4.69) is 5.10 Å². The molecule has 5 nitrogen and oxygen atoms in total. The van der Waals surface area contributed by atoms with Crippen LogP contribution in [0.15, 0.2) is 71.9 Å². The number of nitrogens with zero attached hydrogens (tertiary/aromatic N) is 2. The number of hydrazone groups is 1. The first kappa shape index (κ1) is 17.2. The number of rotatable bonds is 3. The summed E-state index contributed by atoms with van der Waals surface area (Å²) < 4.78 is 5.52. The van der Waals surface area contributed by atoms with E-state index in [-0.39, 0.29) is 17.6 Å². The molecule has 0 bridgehead atoms. The van der Waals surface area contributed by atoms with Crippen LogP contribution in [-0.2, 0) is 9.59 Å². The highest BCUT2D eigenvalue weighted by Gasteiger charge is 2.60. The first-order valence-corrected chi connectivity index (χ1v) is 8.90. The van der Waals surface area contributed by atoms with Crippen molar-refractivity contribution in [2.75, 3.05) is 12.1 Å². The van der Waals surface area contributed by atoms with Crippen molar-refractivity contribution in [2.45, 2.75) is 19.3 Å². The van der Waals surface area contributed by atoms with Crippen molar-refractivity contribution in [1.82, 2.24) is 0 Å². The number of ether oxygens (including phenoxy) is 1. The van der Waals surface area contributed by atoms with Gasteiger partial charge in [0.15, 0.2) is 11.2 Å². The second-order valence-electron chi connectivity index (χ2n) is 6.74. The molecule has 0 N–H and O–H groups in total. The number of para-hydroxylation sites is 2. The Morgan fingerprint density at radius 3 is 2.52 bits per heavy atom. The van der Waals surface area contributed by atoms with Gasteiger partial charge in [0.05, 0.1) is 18.5 Å². The molecule has 0 saturated carbocycles. The summed E-state index contributed by atoms with van der Waals surface area (Å²) in [6.07, 6.45) is 3.90. The summed E-state index contributed by atoms with van der Waals surface area (Å²) in [5.41, 5.74) is 0.677. The molecule has 2 atom stereocenters. The average Bonchev–Trinajstić information content (AvgIpc) is 2.97. The maximum atomic E-state index is 13.6. The number of benzene rings is 2. The van der Waals surface area contributed by atoms with Gasteiger partial charge in [0.2, 0.25) is 0 Å². The Bertz CT molecular complexity index is 965. The molecule has 2 aromatic rings. The quantitative estimate of drug-likeness (QED) is 0.784. The number of carbonyl (C=O) groups is 2. The molecule has 0 saturated heterocycles. The van der Waals surface area contributed by atoms with Gasteiger partial charge >= 0.3 is 0 Å². The molecule has 27 heavy (non-hydrogen) atoms. The maximum Gasteiger partial charge on any atom is 0.267 e. The van der Waals surface area contributed by atoms with Crippen molar-refractivity contribution in [3.63, 3.8) is 0 Å². The predicted octanol–water partition coefficient (Wildman–Crippen LogP) is 3.72. The van der Waals surface area contributed by atoms with Gasteiger partial charge in [0.25, 0.3) is 5.91 Å². The molecule has 2 aromatic carbocycles. The van der Waals surface area contributed by atoms with E-state index in [1.807, 2.05) is 60.7 Å². The average molecular weight is 360 g/mol. The van der Waals surface area contributed by atoms with E-state index < -0.39 is 5.41 Å². The maximum absolute atomic E-state index is 13.6. The summed E-state index contributed by atoms with van der Waals surface area (Å²) >= 11 is 0. The van der Waals surface area contributed by atoms with Crippen molar-refractivity contribution in [3.05, 3.63) is 72.3 Å². The van der Waals surface area contributed by atoms with E-state index in [1.165, 1.54) is 11.1 Å². The molecule has 1 spiro atoms. The fraction of sp³-hybridized carbons (Fsp3) is 0.227. The minimum absolute atomic E-state index is 0.227. The molecule has 136 valence electrons. The zero-order valence-electron chi connectivity index (χ0n) is 15.3. The molecular weight excluding hydrogens is 340 g/mol. The van der Waals surface area contributed by atoms with Crippen LogP contribution in [0.4, 0.5) is 5.69 Å². The van der Waals surface area contributed by atoms with Crippen molar-refractivity contribution in [1.29, 1.82) is 0 Å². The lowest BCUT2D eigenvalue weighted by Crippen LogP contribution is -2.50. The summed E-state index contributed by atoms with van der Waals surface area (Å²) in [5, 5.41) is 5.86. The van der Waals surface area contributed by atoms with Crippen molar-refractivity contribution >= 4 is 23.1 Å². The molecule has 1 heterocycles. The molecule has 4 rings (SSSR count). The molecule has 0 aromatic heterocycles. The minimum Gasteiger partial charge on any atom is -0.496 e. The summed E-state index contributed by atoms with van der Waals surface area (Å²) in [6.45, 7) is 1.76. The Morgan fingerprint density at radius 1 is 1.07 bits per heavy atom. The number of anilines is 1. The number of hydrogen-bond acceptors (Lipinski definition) is 4. The van der Waals surface area contributed by atoms with Gasteiger partial charge in [-0.1, -0.05) is 42.5 Å². The number of ketones is 1. The third-order valence-electron chi connectivity index (χ3n) is 5.42. The Hall–Kier alpha value is -3.21. The summed E-state index contributed by atoms with van der Waals surface area (Å²) in [5.74, 6) is -0.231. The van der Waals surface area contributed by atoms with Crippen LogP contribution in [-0.4, -0.2) is 24.5 Å². The number of hydrogen-bond donors (Lipinski definition) is 0. The van der Waals surface area contributed by atoms with Gasteiger partial charge < -0.3 is 4.74 Å². The molecular formula is C22H20N2O3. The molecule has 0 fully saturated rings. The van der Waals surface area contributed by atoms with Crippen LogP contribution in [0.5, 0.6) is 5.75 Å². The van der Waals surface area contributed by atoms with Gasteiger partial charge in [-0.3, -0.25) is 9.59 Å². The van der Waals surface area contributed by atoms with Crippen LogP contribution in [0.3, 0.4) is 0 Å². The fourth-order valence-electron chi connectivity index (χ4n) is 4.13. The fourth-order valence-corrected chi connectivity index (χ4v) is 4.13. The van der Waals surface area contributed by atoms with E-state index >= 15 is 0 Å². The third kappa shape index (κ3) is 2.42. The predicted molar refractivity (Wildman–Crippen MR) is 104 cm³/mol. The molecule has 2 aliphatic rings. The molecule has 0 unspecified atom stereocenters. The summed E-state index contributed by atoms with van der Waals surface area (Å²) in [6, 6.07) is 16.7. The second-order valence-corrected chi connectivity index (χ2v) is 6.74. The Kier molecular flexibility index (Phi) is 4.15. The van der Waals surface area contributed by atoms with E-state index in [0.717, 1.165) is 5.56 Å². The standard InChI is InChI=1S/C22H20N2O3/c1-15-22(21(26)24(23-15)16-9-4-3-5-10-16)18(12-8-14-20(22)25)17-11-6-7-13-19(17)27-2/h3-11,13-14,18H,12H2,1-2H3/t18-,22+/m0/s1. The first-order chi connectivity index (χ1) is 13.1. The molecule has 5 heteroatoms. The molecule has 1 amide bonds. The lowest BCUT2D eigenvalue weighted by molar-refractivity contribution is -0.134. The van der Waals surface area contributed by atoms with Crippen LogP contribution in [0.2, 0.25) is 0 Å². The summed E-state index contributed by atoms with van der Waals surface area (Å²) in [4.78, 5) is 26.7. The zero-order chi connectivity index (χ0) is 19.0. The van der Waals surface area contributed by atoms with Gasteiger partial charge in [-0.15, -0.1) is 0 Å². The van der Waals surface area contributed by atoms with Crippen LogP contribution in [0.1, 0.15) is 24.8 Å². The van der Waals surface area contributed by atoms with Crippen LogP contribution >= 0.6 is 0 Å². The number of amides is 1. The minimum atomic E-state index is -1.33. The summed E-state index contributed by atoms with van der Waals surface area (Å²) in [7, 11) is 1.60. The largest absolute Gasteiger partial charge is 0.496 e. The monoisotopic (exact) mass is 360 g/mol. The highest BCUT2D eigenvalue weighted by atomic mass is 16.5. The molecule has 1 aliphatic carbocycles. The lowest BCUT2D eigenvalue weighted by atomic mass is 9.62. The van der Waals surface area contributed by atoms with Crippen LogP contribution in [0.25, 0.3) is 0 Å². The first-order valence-electron chi connectivity index (χ1n) is 8.90. The van der Waals surface area contributed by atoms with Crippen molar-refractivity contribution < 1.29 is 14.3 Å². The van der Waals surface area contributed by atoms with Gasteiger partial charge in [-0.25, -0.2) is 0 Å². The van der Waals surface area contributed by atoms with Crippen LogP contribution < -0.4 is 9.75 Å². The van der Waals surface area contributed by atoms with Gasteiger partial charge in [-0.2, -0.15) is 10.1 Å². The highest BCUT2D eigenvalue weighted by Crippen LogP contribution is 2.50. The Balaban J connectivity index is 1.88. The second kappa shape index (κ2) is 6.50. The number of allylic oxidation sites excluding steroid dienone is 2. The Labute approximate surface area is 157 Å². The van der Waals surface area contributed by atoms with Gasteiger partial charge in [0.1, 0.15) is 5.75 Å². The van der Waals surface area contributed by atoms with E-state index in [1.54, 1.807) is 14.0 Å². The zero-order valence-corrected chi connectivity index (χ0v) is 15.3. The number of carbonyl (C=O) groups excluding carboxylic acids is 2. The topological polar surface area (TPSA) is 59.0 Å². The number of methoxy groups -OCH3 is 1. The highest BCUT2D eigenvalue weighted by molar-refractivity contribution is 6.34. The lowest BCUT2D eigenvalue weighted by Gasteiger charge is -2.36. The van der Waals surface area contributed by atoms with E-state index in [9.17, 15) is 9.59 Å². The normalized spacial score (nSPS) is 24.4. The van der Waals surface area contributed by atoms with Crippen LogP contribution in [0, 0.1) is 5.41 Å². The Morgan fingerprint density at radius 2 is 1.78 bits per heavy atom.